The molecule has 0 atom stereocenters. The topological polar surface area (TPSA) is 38.2 Å². The van der Waals surface area contributed by atoms with Crippen LogP contribution in [0.5, 0.6) is 0 Å². The number of anilines is 1. The SMILES string of the molecule is CCOCCN(C)c1ncnc2sc3c(c12)CCCC3. The standard InChI is InChI=1S/C15H21N3OS/c1-3-19-9-8-18(2)14-13-11-6-4-5-7-12(11)20-15(13)17-10-16-14/h10H,3-9H2,1-2H3. The maximum absolute atomic E-state index is 5.45. The highest BCUT2D eigenvalue weighted by atomic mass is 32.1. The molecule has 1 aliphatic carbocycles. The molecule has 0 radical (unpaired) electrons. The molecule has 0 fully saturated rings. The second kappa shape index (κ2) is 6.06. The summed E-state index contributed by atoms with van der Waals surface area (Å²) < 4.78 is 5.45. The molecule has 2 aromatic heterocycles. The van der Waals surface area contributed by atoms with Gasteiger partial charge in [0, 0.05) is 25.1 Å². The minimum atomic E-state index is 0.741. The lowest BCUT2D eigenvalue weighted by Gasteiger charge is -2.20. The van der Waals surface area contributed by atoms with E-state index in [2.05, 4.69) is 21.9 Å². The van der Waals surface area contributed by atoms with Gasteiger partial charge in [-0.2, -0.15) is 0 Å². The number of hydrogen-bond acceptors (Lipinski definition) is 5. The monoisotopic (exact) mass is 291 g/mol. The fourth-order valence-electron chi connectivity index (χ4n) is 2.81. The van der Waals surface area contributed by atoms with Gasteiger partial charge in [-0.05, 0) is 38.2 Å². The summed E-state index contributed by atoms with van der Waals surface area (Å²) in [7, 11) is 2.09. The normalized spacial score (nSPS) is 14.5. The van der Waals surface area contributed by atoms with Crippen LogP contribution in [0, 0.1) is 0 Å². The molecule has 0 saturated carbocycles. The van der Waals surface area contributed by atoms with Gasteiger partial charge in [-0.3, -0.25) is 0 Å². The molecular weight excluding hydrogens is 270 g/mol. The van der Waals surface area contributed by atoms with Gasteiger partial charge in [0.2, 0.25) is 0 Å². The first kappa shape index (κ1) is 13.8. The van der Waals surface area contributed by atoms with Crippen molar-refractivity contribution in [2.75, 3.05) is 31.7 Å². The predicted molar refractivity (Wildman–Crippen MR) is 83.8 cm³/mol. The maximum atomic E-state index is 5.45. The lowest BCUT2D eigenvalue weighted by atomic mass is 9.97. The van der Waals surface area contributed by atoms with Crippen molar-refractivity contribution in [3.8, 4) is 0 Å². The first-order valence-corrected chi connectivity index (χ1v) is 8.17. The van der Waals surface area contributed by atoms with E-state index in [9.17, 15) is 0 Å². The molecule has 1 aliphatic rings. The van der Waals surface area contributed by atoms with Crippen LogP contribution < -0.4 is 4.90 Å². The third-order valence-electron chi connectivity index (χ3n) is 3.87. The van der Waals surface area contributed by atoms with E-state index >= 15 is 0 Å². The van der Waals surface area contributed by atoms with Crippen LogP contribution >= 0.6 is 11.3 Å². The van der Waals surface area contributed by atoms with Crippen molar-refractivity contribution >= 4 is 27.4 Å². The Labute approximate surface area is 123 Å². The third-order valence-corrected chi connectivity index (χ3v) is 5.07. The molecule has 4 nitrogen and oxygen atoms in total. The largest absolute Gasteiger partial charge is 0.380 e. The van der Waals surface area contributed by atoms with Gasteiger partial charge in [0.05, 0.1) is 12.0 Å². The van der Waals surface area contributed by atoms with Gasteiger partial charge in [-0.15, -0.1) is 11.3 Å². The molecule has 108 valence electrons. The summed E-state index contributed by atoms with van der Waals surface area (Å²) in [6.45, 7) is 4.40. The molecule has 0 saturated heterocycles. The molecule has 20 heavy (non-hydrogen) atoms. The summed E-state index contributed by atoms with van der Waals surface area (Å²) in [4.78, 5) is 13.9. The molecule has 0 aliphatic heterocycles. The summed E-state index contributed by atoms with van der Waals surface area (Å²) in [6.07, 6.45) is 6.67. The molecule has 0 aromatic carbocycles. The van der Waals surface area contributed by atoms with Gasteiger partial charge in [0.15, 0.2) is 0 Å². The van der Waals surface area contributed by atoms with E-state index in [-0.39, 0.29) is 0 Å². The van der Waals surface area contributed by atoms with Crippen LogP contribution in [0.4, 0.5) is 5.82 Å². The van der Waals surface area contributed by atoms with Crippen LogP contribution in [-0.4, -0.2) is 36.8 Å². The van der Waals surface area contributed by atoms with E-state index in [0.717, 1.165) is 30.4 Å². The number of hydrogen-bond donors (Lipinski definition) is 0. The molecule has 3 rings (SSSR count). The lowest BCUT2D eigenvalue weighted by molar-refractivity contribution is 0.154. The van der Waals surface area contributed by atoms with Crippen molar-refractivity contribution in [1.29, 1.82) is 0 Å². The van der Waals surface area contributed by atoms with Gasteiger partial charge in [-0.25, -0.2) is 9.97 Å². The average Bonchev–Trinajstić information content (AvgIpc) is 2.85. The summed E-state index contributed by atoms with van der Waals surface area (Å²) in [5, 5.41) is 1.28. The summed E-state index contributed by atoms with van der Waals surface area (Å²) in [6, 6.07) is 0. The second-order valence-electron chi connectivity index (χ2n) is 5.21. The van der Waals surface area contributed by atoms with Crippen LogP contribution in [0.2, 0.25) is 0 Å². The fourth-order valence-corrected chi connectivity index (χ4v) is 4.04. The molecule has 5 heteroatoms. The van der Waals surface area contributed by atoms with Crippen LogP contribution in [0.25, 0.3) is 10.2 Å². The van der Waals surface area contributed by atoms with E-state index < -0.39 is 0 Å². The van der Waals surface area contributed by atoms with Gasteiger partial charge in [0.25, 0.3) is 0 Å². The Morgan fingerprint density at radius 1 is 1.30 bits per heavy atom. The Balaban J connectivity index is 1.95. The van der Waals surface area contributed by atoms with E-state index in [1.165, 1.54) is 41.5 Å². The smallest absolute Gasteiger partial charge is 0.140 e. The fraction of sp³-hybridized carbons (Fsp3) is 0.600. The van der Waals surface area contributed by atoms with E-state index in [1.54, 1.807) is 6.33 Å². The first-order chi connectivity index (χ1) is 9.81. The Hall–Kier alpha value is -1.20. The second-order valence-corrected chi connectivity index (χ2v) is 6.29. The van der Waals surface area contributed by atoms with E-state index in [4.69, 9.17) is 4.74 Å². The number of likely N-dealkylation sites (N-methyl/N-ethyl adjacent to an activating group) is 1. The summed E-state index contributed by atoms with van der Waals surface area (Å²) in [5.41, 5.74) is 1.50. The van der Waals surface area contributed by atoms with Crippen molar-refractivity contribution in [2.24, 2.45) is 0 Å². The molecule has 2 heterocycles. The molecular formula is C15H21N3OS. The molecule has 0 unspecified atom stereocenters. The zero-order valence-corrected chi connectivity index (χ0v) is 13.0. The number of thiophene rings is 1. The minimum Gasteiger partial charge on any atom is -0.380 e. The molecule has 0 N–H and O–H groups in total. The molecule has 0 bridgehead atoms. The quantitative estimate of drug-likeness (QED) is 0.794. The van der Waals surface area contributed by atoms with Gasteiger partial charge >= 0.3 is 0 Å². The molecule has 2 aromatic rings. The first-order valence-electron chi connectivity index (χ1n) is 7.35. The van der Waals surface area contributed by atoms with Crippen LogP contribution in [0.1, 0.15) is 30.2 Å². The zero-order valence-electron chi connectivity index (χ0n) is 12.2. The van der Waals surface area contributed by atoms with Gasteiger partial charge < -0.3 is 9.64 Å². The highest BCUT2D eigenvalue weighted by Crippen LogP contribution is 2.38. The number of aromatic nitrogens is 2. The summed E-state index contributed by atoms with van der Waals surface area (Å²) >= 11 is 1.85. The number of ether oxygens (including phenoxy) is 1. The number of aryl methyl sites for hydroxylation is 2. The van der Waals surface area contributed by atoms with Crippen LogP contribution in [-0.2, 0) is 17.6 Å². The van der Waals surface area contributed by atoms with Crippen molar-refractivity contribution in [1.82, 2.24) is 9.97 Å². The Kier molecular flexibility index (Phi) is 4.17. The van der Waals surface area contributed by atoms with E-state index in [0.29, 0.717) is 0 Å². The summed E-state index contributed by atoms with van der Waals surface area (Å²) in [5.74, 6) is 1.06. The highest BCUT2D eigenvalue weighted by Gasteiger charge is 2.21. The number of fused-ring (bicyclic) bond motifs is 3. The average molecular weight is 291 g/mol. The Morgan fingerprint density at radius 3 is 3.00 bits per heavy atom. The van der Waals surface area contributed by atoms with Crippen molar-refractivity contribution in [3.05, 3.63) is 16.8 Å². The van der Waals surface area contributed by atoms with Gasteiger partial charge in [-0.1, -0.05) is 0 Å². The Morgan fingerprint density at radius 2 is 2.15 bits per heavy atom. The lowest BCUT2D eigenvalue weighted by Crippen LogP contribution is -2.24. The highest BCUT2D eigenvalue weighted by molar-refractivity contribution is 7.19. The van der Waals surface area contributed by atoms with Crippen LogP contribution in [0.3, 0.4) is 0 Å². The Bertz CT molecular complexity index is 596. The maximum Gasteiger partial charge on any atom is 0.140 e. The zero-order chi connectivity index (χ0) is 13.9. The van der Waals surface area contributed by atoms with Gasteiger partial charge in [0.1, 0.15) is 17.0 Å². The minimum absolute atomic E-state index is 0.741. The predicted octanol–water partition coefficient (Wildman–Crippen LogP) is 3.04. The van der Waals surface area contributed by atoms with E-state index in [1.807, 2.05) is 18.3 Å². The van der Waals surface area contributed by atoms with Crippen molar-refractivity contribution < 1.29 is 4.74 Å². The molecule has 0 spiro atoms. The van der Waals surface area contributed by atoms with Crippen molar-refractivity contribution in [2.45, 2.75) is 32.6 Å². The van der Waals surface area contributed by atoms with Crippen LogP contribution in [0.15, 0.2) is 6.33 Å². The number of nitrogens with zero attached hydrogens (tertiary/aromatic N) is 3. The van der Waals surface area contributed by atoms with Crippen molar-refractivity contribution in [3.63, 3.8) is 0 Å². The third kappa shape index (κ3) is 2.52. The molecule has 0 amide bonds. The number of rotatable bonds is 5.